The number of ether oxygens (including phenoxy) is 1. The Balaban J connectivity index is 2.48. The lowest BCUT2D eigenvalue weighted by molar-refractivity contribution is -0.123. The molecule has 0 bridgehead atoms. The highest BCUT2D eigenvalue weighted by molar-refractivity contribution is 5.77. The van der Waals surface area contributed by atoms with E-state index in [-0.39, 0.29) is 25.7 Å². The fraction of sp³-hybridized carbons (Fsp3) is 0.417. The maximum atomic E-state index is 11.2. The molecule has 0 aromatic heterocycles. The van der Waals surface area contributed by atoms with Gasteiger partial charge in [0.1, 0.15) is 5.75 Å². The first kappa shape index (κ1) is 12.5. The molecule has 0 aliphatic carbocycles. The first-order valence-electron chi connectivity index (χ1n) is 5.21. The number of hydrogen-bond donors (Lipinski definition) is 2. The van der Waals surface area contributed by atoms with E-state index >= 15 is 0 Å². The minimum atomic E-state index is -0.227. The number of carbonyl (C=O) groups is 1. The van der Waals surface area contributed by atoms with Crippen LogP contribution in [0.2, 0.25) is 0 Å². The molecule has 0 saturated heterocycles. The van der Waals surface area contributed by atoms with Gasteiger partial charge in [0, 0.05) is 6.54 Å². The number of carbonyl (C=O) groups excluding carboxylic acids is 1. The molecule has 4 nitrogen and oxygen atoms in total. The van der Waals surface area contributed by atoms with E-state index in [1.165, 1.54) is 0 Å². The second-order valence-corrected chi connectivity index (χ2v) is 3.56. The minimum absolute atomic E-state index is 0.0235. The van der Waals surface area contributed by atoms with Crippen LogP contribution >= 0.6 is 0 Å². The molecule has 0 saturated carbocycles. The van der Waals surface area contributed by atoms with E-state index < -0.39 is 0 Å². The van der Waals surface area contributed by atoms with Crippen LogP contribution in [0.3, 0.4) is 0 Å². The molecule has 0 unspecified atom stereocenters. The first-order chi connectivity index (χ1) is 7.65. The van der Waals surface area contributed by atoms with E-state index in [4.69, 9.17) is 9.84 Å². The summed E-state index contributed by atoms with van der Waals surface area (Å²) in [5.41, 5.74) is 2.17. The van der Waals surface area contributed by atoms with E-state index in [2.05, 4.69) is 5.32 Å². The largest absolute Gasteiger partial charge is 0.483 e. The number of nitrogens with one attached hydrogen (secondary N) is 1. The van der Waals surface area contributed by atoms with Crippen LogP contribution in [0.25, 0.3) is 0 Å². The lowest BCUT2D eigenvalue weighted by Crippen LogP contribution is -2.31. The summed E-state index contributed by atoms with van der Waals surface area (Å²) in [5, 5.41) is 11.0. The highest BCUT2D eigenvalue weighted by atomic mass is 16.5. The molecular formula is C12H17NO3. The quantitative estimate of drug-likeness (QED) is 0.776. The SMILES string of the molecule is Cc1cccc(OCC(=O)NCCO)c1C. The van der Waals surface area contributed by atoms with Gasteiger partial charge in [-0.15, -0.1) is 0 Å². The zero-order valence-corrected chi connectivity index (χ0v) is 9.62. The Bertz CT molecular complexity index is 363. The number of amides is 1. The average Bonchev–Trinajstić information content (AvgIpc) is 2.28. The summed E-state index contributed by atoms with van der Waals surface area (Å²) in [6.45, 7) is 4.12. The van der Waals surface area contributed by atoms with Crippen molar-refractivity contribution in [3.8, 4) is 5.75 Å². The zero-order valence-electron chi connectivity index (χ0n) is 9.62. The van der Waals surface area contributed by atoms with Gasteiger partial charge in [-0.3, -0.25) is 4.79 Å². The summed E-state index contributed by atoms with van der Waals surface area (Å²) in [6, 6.07) is 5.72. The molecule has 0 atom stereocenters. The Morgan fingerprint density at radius 1 is 1.44 bits per heavy atom. The first-order valence-corrected chi connectivity index (χ1v) is 5.21. The maximum Gasteiger partial charge on any atom is 0.258 e. The van der Waals surface area contributed by atoms with E-state index in [0.717, 1.165) is 16.9 Å². The number of hydrogen-bond acceptors (Lipinski definition) is 3. The molecule has 16 heavy (non-hydrogen) atoms. The van der Waals surface area contributed by atoms with Crippen molar-refractivity contribution in [2.45, 2.75) is 13.8 Å². The Kier molecular flexibility index (Phi) is 4.79. The van der Waals surface area contributed by atoms with Crippen LogP contribution in [-0.4, -0.2) is 30.8 Å². The topological polar surface area (TPSA) is 58.6 Å². The normalized spacial score (nSPS) is 9.94. The van der Waals surface area contributed by atoms with Crippen LogP contribution in [0.1, 0.15) is 11.1 Å². The number of benzene rings is 1. The van der Waals surface area contributed by atoms with Crippen molar-refractivity contribution >= 4 is 5.91 Å². The number of rotatable bonds is 5. The zero-order chi connectivity index (χ0) is 12.0. The highest BCUT2D eigenvalue weighted by Gasteiger charge is 2.05. The summed E-state index contributed by atoms with van der Waals surface area (Å²) in [4.78, 5) is 11.2. The molecule has 0 heterocycles. The Morgan fingerprint density at radius 3 is 2.88 bits per heavy atom. The van der Waals surface area contributed by atoms with Gasteiger partial charge in [-0.2, -0.15) is 0 Å². The van der Waals surface area contributed by atoms with Gasteiger partial charge in [-0.05, 0) is 31.0 Å². The van der Waals surface area contributed by atoms with Gasteiger partial charge in [0.05, 0.1) is 6.61 Å². The third-order valence-corrected chi connectivity index (χ3v) is 2.35. The Labute approximate surface area is 95.2 Å². The lowest BCUT2D eigenvalue weighted by Gasteiger charge is -2.10. The number of aliphatic hydroxyl groups is 1. The van der Waals surface area contributed by atoms with Crippen molar-refractivity contribution in [1.29, 1.82) is 0 Å². The molecular weight excluding hydrogens is 206 g/mol. The van der Waals surface area contributed by atoms with Crippen LogP contribution in [-0.2, 0) is 4.79 Å². The van der Waals surface area contributed by atoms with Crippen molar-refractivity contribution in [2.75, 3.05) is 19.8 Å². The molecule has 0 radical (unpaired) electrons. The van der Waals surface area contributed by atoms with Gasteiger partial charge in [-0.1, -0.05) is 12.1 Å². The predicted octanol–water partition coefficient (Wildman–Crippen LogP) is 0.791. The van der Waals surface area contributed by atoms with Gasteiger partial charge >= 0.3 is 0 Å². The van der Waals surface area contributed by atoms with Gasteiger partial charge in [0.15, 0.2) is 6.61 Å². The van der Waals surface area contributed by atoms with Crippen LogP contribution in [0.4, 0.5) is 0 Å². The van der Waals surface area contributed by atoms with E-state index in [1.54, 1.807) is 0 Å². The fourth-order valence-electron chi connectivity index (χ4n) is 1.27. The van der Waals surface area contributed by atoms with Crippen molar-refractivity contribution in [3.63, 3.8) is 0 Å². The van der Waals surface area contributed by atoms with Crippen LogP contribution in [0.5, 0.6) is 5.75 Å². The van der Waals surface area contributed by atoms with E-state index in [0.29, 0.717) is 0 Å². The number of aryl methyl sites for hydroxylation is 1. The summed E-state index contributed by atoms with van der Waals surface area (Å²) >= 11 is 0. The molecule has 1 aromatic rings. The number of aliphatic hydroxyl groups excluding tert-OH is 1. The monoisotopic (exact) mass is 223 g/mol. The highest BCUT2D eigenvalue weighted by Crippen LogP contribution is 2.20. The summed E-state index contributed by atoms with van der Waals surface area (Å²) in [6.07, 6.45) is 0. The average molecular weight is 223 g/mol. The maximum absolute atomic E-state index is 11.2. The molecule has 0 fully saturated rings. The molecule has 1 amide bonds. The standard InChI is InChI=1S/C12H17NO3/c1-9-4-3-5-11(10(9)2)16-8-12(15)13-6-7-14/h3-5,14H,6-8H2,1-2H3,(H,13,15). The molecule has 1 rings (SSSR count). The molecule has 0 aliphatic rings. The second kappa shape index (κ2) is 6.12. The summed E-state index contributed by atoms with van der Waals surface area (Å²) in [5.74, 6) is 0.495. The molecule has 4 heteroatoms. The second-order valence-electron chi connectivity index (χ2n) is 3.56. The van der Waals surface area contributed by atoms with Crippen molar-refractivity contribution in [3.05, 3.63) is 29.3 Å². The van der Waals surface area contributed by atoms with Crippen molar-refractivity contribution in [2.24, 2.45) is 0 Å². The third kappa shape index (κ3) is 3.55. The van der Waals surface area contributed by atoms with Crippen molar-refractivity contribution in [1.82, 2.24) is 5.32 Å². The molecule has 88 valence electrons. The molecule has 0 aliphatic heterocycles. The molecule has 1 aromatic carbocycles. The minimum Gasteiger partial charge on any atom is -0.483 e. The van der Waals surface area contributed by atoms with Gasteiger partial charge in [0.2, 0.25) is 0 Å². The van der Waals surface area contributed by atoms with Gasteiger partial charge in [-0.25, -0.2) is 0 Å². The molecule has 0 spiro atoms. The predicted molar refractivity (Wildman–Crippen MR) is 61.5 cm³/mol. The summed E-state index contributed by atoms with van der Waals surface area (Å²) in [7, 11) is 0. The van der Waals surface area contributed by atoms with Crippen LogP contribution in [0, 0.1) is 13.8 Å². The van der Waals surface area contributed by atoms with E-state index in [9.17, 15) is 4.79 Å². The van der Waals surface area contributed by atoms with Gasteiger partial charge < -0.3 is 15.2 Å². The van der Waals surface area contributed by atoms with Crippen molar-refractivity contribution < 1.29 is 14.6 Å². The summed E-state index contributed by atoms with van der Waals surface area (Å²) < 4.78 is 5.38. The lowest BCUT2D eigenvalue weighted by atomic mass is 10.1. The fourth-order valence-corrected chi connectivity index (χ4v) is 1.27. The smallest absolute Gasteiger partial charge is 0.258 e. The third-order valence-electron chi connectivity index (χ3n) is 2.35. The Morgan fingerprint density at radius 2 is 2.19 bits per heavy atom. The van der Waals surface area contributed by atoms with Gasteiger partial charge in [0.25, 0.3) is 5.91 Å². The van der Waals surface area contributed by atoms with E-state index in [1.807, 2.05) is 32.0 Å². The van der Waals surface area contributed by atoms with Crippen LogP contribution in [0.15, 0.2) is 18.2 Å². The molecule has 2 N–H and O–H groups in total. The Hall–Kier alpha value is -1.55. The van der Waals surface area contributed by atoms with Crippen LogP contribution < -0.4 is 10.1 Å².